The van der Waals surface area contributed by atoms with E-state index >= 15 is 0 Å². The standard InChI is InChI=1S/C13H13NO3/c1-2-17-11-5-3-10(4-6-11)9-14-12(15)7-8-13(14)16/h3-8H,2,9H2,1H3. The molecule has 0 bridgehead atoms. The summed E-state index contributed by atoms with van der Waals surface area (Å²) in [7, 11) is 0. The Morgan fingerprint density at radius 1 is 1.06 bits per heavy atom. The predicted octanol–water partition coefficient (Wildman–Crippen LogP) is 1.51. The second kappa shape index (κ2) is 4.82. The van der Waals surface area contributed by atoms with E-state index in [9.17, 15) is 9.59 Å². The quantitative estimate of drug-likeness (QED) is 0.738. The number of rotatable bonds is 4. The molecule has 1 aliphatic heterocycles. The molecule has 0 aliphatic carbocycles. The minimum absolute atomic E-state index is 0.260. The predicted molar refractivity (Wildman–Crippen MR) is 62.3 cm³/mol. The third-order valence-corrected chi connectivity index (χ3v) is 2.48. The van der Waals surface area contributed by atoms with E-state index in [2.05, 4.69) is 0 Å². The SMILES string of the molecule is CCOc1ccc(CN2C(=O)C=CC2=O)cc1. The van der Waals surface area contributed by atoms with Crippen LogP contribution in [0.3, 0.4) is 0 Å². The first-order chi connectivity index (χ1) is 8.20. The fourth-order valence-corrected chi connectivity index (χ4v) is 1.63. The zero-order chi connectivity index (χ0) is 12.3. The van der Waals surface area contributed by atoms with Crippen LogP contribution in [0.15, 0.2) is 36.4 Å². The van der Waals surface area contributed by atoms with Gasteiger partial charge in [0.25, 0.3) is 11.8 Å². The lowest BCUT2D eigenvalue weighted by Crippen LogP contribution is -2.29. The molecule has 88 valence electrons. The first-order valence-corrected chi connectivity index (χ1v) is 5.46. The molecule has 1 aliphatic rings. The van der Waals surface area contributed by atoms with Crippen LogP contribution in [0, 0.1) is 0 Å². The molecule has 1 aromatic carbocycles. The Bertz CT molecular complexity index is 444. The number of hydrogen-bond donors (Lipinski definition) is 0. The number of hydrogen-bond acceptors (Lipinski definition) is 3. The first-order valence-electron chi connectivity index (χ1n) is 5.46. The highest BCUT2D eigenvalue weighted by molar-refractivity contribution is 6.12. The maximum Gasteiger partial charge on any atom is 0.253 e. The van der Waals surface area contributed by atoms with Gasteiger partial charge in [0.15, 0.2) is 0 Å². The van der Waals surface area contributed by atoms with E-state index < -0.39 is 0 Å². The molecule has 0 atom stereocenters. The van der Waals surface area contributed by atoms with Crippen LogP contribution in [-0.2, 0) is 16.1 Å². The zero-order valence-electron chi connectivity index (χ0n) is 9.55. The third kappa shape index (κ3) is 2.53. The van der Waals surface area contributed by atoms with Crippen molar-refractivity contribution in [2.45, 2.75) is 13.5 Å². The lowest BCUT2D eigenvalue weighted by atomic mass is 10.2. The van der Waals surface area contributed by atoms with Crippen molar-refractivity contribution in [1.29, 1.82) is 0 Å². The van der Waals surface area contributed by atoms with Crippen molar-refractivity contribution in [3.05, 3.63) is 42.0 Å². The molecule has 17 heavy (non-hydrogen) atoms. The molecule has 2 rings (SSSR count). The lowest BCUT2D eigenvalue weighted by Gasteiger charge is -2.13. The molecule has 0 N–H and O–H groups in total. The smallest absolute Gasteiger partial charge is 0.253 e. The summed E-state index contributed by atoms with van der Waals surface area (Å²) in [6.07, 6.45) is 2.58. The molecule has 0 fully saturated rings. The number of carbonyl (C=O) groups is 2. The Morgan fingerprint density at radius 2 is 1.65 bits per heavy atom. The summed E-state index contributed by atoms with van der Waals surface area (Å²) in [4.78, 5) is 23.9. The van der Waals surface area contributed by atoms with Crippen molar-refractivity contribution in [2.24, 2.45) is 0 Å². The number of nitrogens with zero attached hydrogens (tertiary/aromatic N) is 1. The fourth-order valence-electron chi connectivity index (χ4n) is 1.63. The van der Waals surface area contributed by atoms with Crippen LogP contribution in [0.25, 0.3) is 0 Å². The summed E-state index contributed by atoms with van der Waals surface area (Å²) in [6.45, 7) is 2.84. The summed E-state index contributed by atoms with van der Waals surface area (Å²) in [6, 6.07) is 7.36. The molecule has 1 aromatic rings. The largest absolute Gasteiger partial charge is 0.494 e. The van der Waals surface area contributed by atoms with Gasteiger partial charge >= 0.3 is 0 Å². The number of ether oxygens (including phenoxy) is 1. The minimum atomic E-state index is -0.260. The van der Waals surface area contributed by atoms with E-state index in [1.807, 2.05) is 31.2 Å². The van der Waals surface area contributed by atoms with Crippen LogP contribution >= 0.6 is 0 Å². The first kappa shape index (κ1) is 11.4. The van der Waals surface area contributed by atoms with Gasteiger partial charge in [-0.25, -0.2) is 0 Å². The van der Waals surface area contributed by atoms with E-state index in [-0.39, 0.29) is 11.8 Å². The summed E-state index contributed by atoms with van der Waals surface area (Å²) in [5, 5.41) is 0. The highest BCUT2D eigenvalue weighted by Crippen LogP contribution is 2.15. The topological polar surface area (TPSA) is 46.6 Å². The van der Waals surface area contributed by atoms with Gasteiger partial charge in [-0.3, -0.25) is 14.5 Å². The Hall–Kier alpha value is -2.10. The van der Waals surface area contributed by atoms with E-state index in [0.29, 0.717) is 13.2 Å². The van der Waals surface area contributed by atoms with Gasteiger partial charge in [-0.15, -0.1) is 0 Å². The lowest BCUT2D eigenvalue weighted by molar-refractivity contribution is -0.137. The number of imide groups is 1. The van der Waals surface area contributed by atoms with Crippen LogP contribution in [0.4, 0.5) is 0 Å². The average molecular weight is 231 g/mol. The van der Waals surface area contributed by atoms with Gasteiger partial charge in [0, 0.05) is 12.2 Å². The average Bonchev–Trinajstić information content (AvgIpc) is 2.64. The van der Waals surface area contributed by atoms with Crippen molar-refractivity contribution in [2.75, 3.05) is 6.61 Å². The van der Waals surface area contributed by atoms with Gasteiger partial charge in [-0.2, -0.15) is 0 Å². The van der Waals surface area contributed by atoms with Crippen molar-refractivity contribution in [1.82, 2.24) is 4.90 Å². The Kier molecular flexibility index (Phi) is 3.23. The third-order valence-electron chi connectivity index (χ3n) is 2.48. The fraction of sp³-hybridized carbons (Fsp3) is 0.231. The molecule has 4 heteroatoms. The molecule has 1 heterocycles. The van der Waals surface area contributed by atoms with E-state index in [0.717, 1.165) is 11.3 Å². The normalized spacial score (nSPS) is 14.5. The highest BCUT2D eigenvalue weighted by Gasteiger charge is 2.22. The summed E-state index contributed by atoms with van der Waals surface area (Å²) < 4.78 is 5.31. The number of amides is 2. The molecule has 2 amide bonds. The Labute approximate surface area is 99.5 Å². The maximum absolute atomic E-state index is 11.4. The zero-order valence-corrected chi connectivity index (χ0v) is 9.55. The van der Waals surface area contributed by atoms with Crippen molar-refractivity contribution < 1.29 is 14.3 Å². The van der Waals surface area contributed by atoms with E-state index in [4.69, 9.17) is 4.74 Å². The van der Waals surface area contributed by atoms with Crippen LogP contribution < -0.4 is 4.74 Å². The molecule has 0 unspecified atom stereocenters. The van der Waals surface area contributed by atoms with Gasteiger partial charge in [0.2, 0.25) is 0 Å². The Morgan fingerprint density at radius 3 is 2.18 bits per heavy atom. The van der Waals surface area contributed by atoms with Gasteiger partial charge in [-0.05, 0) is 24.6 Å². The van der Waals surface area contributed by atoms with E-state index in [1.165, 1.54) is 17.1 Å². The molecule has 4 nitrogen and oxygen atoms in total. The second-order valence-corrected chi connectivity index (χ2v) is 3.67. The van der Waals surface area contributed by atoms with E-state index in [1.54, 1.807) is 0 Å². The maximum atomic E-state index is 11.4. The monoisotopic (exact) mass is 231 g/mol. The van der Waals surface area contributed by atoms with Crippen LogP contribution in [-0.4, -0.2) is 23.3 Å². The van der Waals surface area contributed by atoms with Gasteiger partial charge in [0.05, 0.1) is 13.2 Å². The number of benzene rings is 1. The molecule has 0 aromatic heterocycles. The number of carbonyl (C=O) groups excluding carboxylic acids is 2. The molecule has 0 radical (unpaired) electrons. The second-order valence-electron chi connectivity index (χ2n) is 3.67. The van der Waals surface area contributed by atoms with Crippen LogP contribution in [0.1, 0.15) is 12.5 Å². The van der Waals surface area contributed by atoms with Crippen LogP contribution in [0.5, 0.6) is 5.75 Å². The van der Waals surface area contributed by atoms with Crippen molar-refractivity contribution in [3.63, 3.8) is 0 Å². The van der Waals surface area contributed by atoms with Crippen LogP contribution in [0.2, 0.25) is 0 Å². The highest BCUT2D eigenvalue weighted by atomic mass is 16.5. The van der Waals surface area contributed by atoms with Gasteiger partial charge < -0.3 is 4.74 Å². The van der Waals surface area contributed by atoms with Gasteiger partial charge in [0.1, 0.15) is 5.75 Å². The van der Waals surface area contributed by atoms with Crippen molar-refractivity contribution in [3.8, 4) is 5.75 Å². The molecular weight excluding hydrogens is 218 g/mol. The van der Waals surface area contributed by atoms with Crippen molar-refractivity contribution >= 4 is 11.8 Å². The molecule has 0 spiro atoms. The summed E-state index contributed by atoms with van der Waals surface area (Å²) in [5.74, 6) is 0.265. The molecule has 0 saturated carbocycles. The minimum Gasteiger partial charge on any atom is -0.494 e. The molecule has 0 saturated heterocycles. The Balaban J connectivity index is 2.04. The molecular formula is C13H13NO3. The summed E-state index contributed by atoms with van der Waals surface area (Å²) >= 11 is 0. The summed E-state index contributed by atoms with van der Waals surface area (Å²) in [5.41, 5.74) is 0.902. The van der Waals surface area contributed by atoms with Gasteiger partial charge in [-0.1, -0.05) is 12.1 Å².